The number of nitrogens with one attached hydrogen (secondary N) is 1. The van der Waals surface area contributed by atoms with Crippen molar-refractivity contribution in [1.82, 2.24) is 0 Å². The molecule has 1 aliphatic carbocycles. The van der Waals surface area contributed by atoms with E-state index >= 15 is 0 Å². The van der Waals surface area contributed by atoms with Crippen LogP contribution in [0.2, 0.25) is 0 Å². The molecular formula is C30H41NO5S. The van der Waals surface area contributed by atoms with Crippen molar-refractivity contribution in [2.24, 2.45) is 11.3 Å². The number of benzene rings is 1. The molecule has 1 amide bonds. The van der Waals surface area contributed by atoms with Gasteiger partial charge in [0.2, 0.25) is 5.91 Å². The molecule has 1 atom stereocenters. The number of hydrogen-bond acceptors (Lipinski definition) is 6. The van der Waals surface area contributed by atoms with Crippen LogP contribution >= 0.6 is 11.3 Å². The number of methoxy groups -OCH3 is 2. The van der Waals surface area contributed by atoms with E-state index in [2.05, 4.69) is 33.0 Å². The van der Waals surface area contributed by atoms with Gasteiger partial charge in [0.05, 0.1) is 26.4 Å². The van der Waals surface area contributed by atoms with Crippen LogP contribution in [0.3, 0.4) is 0 Å². The van der Waals surface area contributed by atoms with Crippen molar-refractivity contribution in [3.63, 3.8) is 0 Å². The van der Waals surface area contributed by atoms with E-state index in [1.165, 1.54) is 42.2 Å². The van der Waals surface area contributed by atoms with Gasteiger partial charge >= 0.3 is 5.97 Å². The second kappa shape index (κ2) is 13.1. The van der Waals surface area contributed by atoms with Gasteiger partial charge in [-0.1, -0.05) is 53.0 Å². The lowest BCUT2D eigenvalue weighted by Crippen LogP contribution is -2.26. The van der Waals surface area contributed by atoms with Crippen LogP contribution in [0.4, 0.5) is 5.00 Å². The summed E-state index contributed by atoms with van der Waals surface area (Å²) < 4.78 is 16.4. The fourth-order valence-electron chi connectivity index (χ4n) is 4.67. The maximum absolute atomic E-state index is 12.8. The van der Waals surface area contributed by atoms with Crippen LogP contribution in [0.5, 0.6) is 11.5 Å². The minimum Gasteiger partial charge on any atom is -0.493 e. The van der Waals surface area contributed by atoms with Gasteiger partial charge in [-0.2, -0.15) is 0 Å². The second-order valence-corrected chi connectivity index (χ2v) is 11.8. The van der Waals surface area contributed by atoms with Crippen LogP contribution in [0.1, 0.15) is 86.2 Å². The summed E-state index contributed by atoms with van der Waals surface area (Å²) in [7, 11) is 2.99. The van der Waals surface area contributed by atoms with Gasteiger partial charge in [-0.3, -0.25) is 4.79 Å². The average Bonchev–Trinajstić information content (AvgIpc) is 3.23. The molecule has 1 aromatic heterocycles. The van der Waals surface area contributed by atoms with E-state index in [-0.39, 0.29) is 11.3 Å². The molecule has 0 saturated carbocycles. The van der Waals surface area contributed by atoms with E-state index in [1.54, 1.807) is 13.2 Å². The summed E-state index contributed by atoms with van der Waals surface area (Å²) in [4.78, 5) is 26.6. The normalized spacial score (nSPS) is 15.4. The average molecular weight is 528 g/mol. The summed E-state index contributed by atoms with van der Waals surface area (Å²) in [6.07, 6.45) is 10.5. The summed E-state index contributed by atoms with van der Waals surface area (Å²) in [5.74, 6) is 1.16. The summed E-state index contributed by atoms with van der Waals surface area (Å²) in [6.45, 7) is 9.60. The SMILES string of the molecule is CCCCCCOc1ccc(/C=C/C(=O)Nc2sc3c(c2C(=O)OC)CCC(C(C)(C)C)C3)cc1OC. The van der Waals surface area contributed by atoms with Crippen molar-refractivity contribution in [2.45, 2.75) is 72.6 Å². The predicted octanol–water partition coefficient (Wildman–Crippen LogP) is 7.31. The highest BCUT2D eigenvalue weighted by Gasteiger charge is 2.34. The molecule has 7 heteroatoms. The fraction of sp³-hybridized carbons (Fsp3) is 0.533. The van der Waals surface area contributed by atoms with Crippen molar-refractivity contribution >= 4 is 34.3 Å². The Labute approximate surface area is 225 Å². The van der Waals surface area contributed by atoms with Gasteiger partial charge < -0.3 is 19.5 Å². The van der Waals surface area contributed by atoms with Gasteiger partial charge in [0.15, 0.2) is 11.5 Å². The maximum atomic E-state index is 12.8. The number of unbranched alkanes of at least 4 members (excludes halogenated alkanes) is 3. The van der Waals surface area contributed by atoms with E-state index in [0.717, 1.165) is 43.2 Å². The third-order valence-corrected chi connectivity index (χ3v) is 8.16. The standard InChI is InChI=1S/C30H41NO5S/c1-7-8-9-10-17-36-23-15-11-20(18-24(23)34-5)12-16-26(32)31-28-27(29(33)35-6)22-14-13-21(30(2,3)4)19-25(22)37-28/h11-12,15-16,18,21H,7-10,13-14,17,19H2,1-6H3,(H,31,32)/b16-12+. The maximum Gasteiger partial charge on any atom is 0.341 e. The van der Waals surface area contributed by atoms with E-state index in [4.69, 9.17) is 14.2 Å². The molecule has 37 heavy (non-hydrogen) atoms. The number of anilines is 1. The number of hydrogen-bond donors (Lipinski definition) is 1. The smallest absolute Gasteiger partial charge is 0.341 e. The number of ether oxygens (including phenoxy) is 3. The molecule has 0 saturated heterocycles. The monoisotopic (exact) mass is 527 g/mol. The number of thiophene rings is 1. The Morgan fingerprint density at radius 2 is 1.92 bits per heavy atom. The van der Waals surface area contributed by atoms with Gasteiger partial charge in [0.1, 0.15) is 5.00 Å². The Kier molecular flexibility index (Phi) is 10.2. The quantitative estimate of drug-likeness (QED) is 0.188. The van der Waals surface area contributed by atoms with Crippen LogP contribution in [0.25, 0.3) is 6.08 Å². The van der Waals surface area contributed by atoms with Crippen LogP contribution < -0.4 is 14.8 Å². The van der Waals surface area contributed by atoms with Gasteiger partial charge in [0, 0.05) is 11.0 Å². The van der Waals surface area contributed by atoms with Gasteiger partial charge in [0.25, 0.3) is 0 Å². The Hall–Kier alpha value is -2.80. The first-order valence-corrected chi connectivity index (χ1v) is 14.0. The Morgan fingerprint density at radius 1 is 1.14 bits per heavy atom. The van der Waals surface area contributed by atoms with Gasteiger partial charge in [-0.15, -0.1) is 11.3 Å². The first kappa shape index (κ1) is 28.8. The number of fused-ring (bicyclic) bond motifs is 1. The van der Waals surface area contributed by atoms with Gasteiger partial charge in [-0.25, -0.2) is 4.79 Å². The molecule has 1 aromatic carbocycles. The van der Waals surface area contributed by atoms with Gasteiger partial charge in [-0.05, 0) is 66.4 Å². The highest BCUT2D eigenvalue weighted by Crippen LogP contribution is 2.44. The molecule has 1 aliphatic rings. The van der Waals surface area contributed by atoms with Crippen molar-refractivity contribution in [1.29, 1.82) is 0 Å². The molecule has 202 valence electrons. The second-order valence-electron chi connectivity index (χ2n) is 10.6. The van der Waals surface area contributed by atoms with E-state index in [1.807, 2.05) is 18.2 Å². The molecule has 0 fully saturated rings. The molecule has 1 unspecified atom stereocenters. The lowest BCUT2D eigenvalue weighted by Gasteiger charge is -2.33. The molecular weight excluding hydrogens is 486 g/mol. The predicted molar refractivity (Wildman–Crippen MR) is 151 cm³/mol. The summed E-state index contributed by atoms with van der Waals surface area (Å²) >= 11 is 1.49. The lowest BCUT2D eigenvalue weighted by molar-refractivity contribution is -0.111. The Balaban J connectivity index is 1.71. The Bertz CT molecular complexity index is 1110. The van der Waals surface area contributed by atoms with E-state index in [0.29, 0.717) is 34.6 Å². The minimum atomic E-state index is -0.402. The van der Waals surface area contributed by atoms with Crippen LogP contribution in [-0.4, -0.2) is 32.7 Å². The molecule has 1 heterocycles. The first-order valence-electron chi connectivity index (χ1n) is 13.2. The van der Waals surface area contributed by atoms with Crippen LogP contribution in [0.15, 0.2) is 24.3 Å². The van der Waals surface area contributed by atoms with Crippen molar-refractivity contribution in [2.75, 3.05) is 26.1 Å². The highest BCUT2D eigenvalue weighted by atomic mass is 32.1. The summed E-state index contributed by atoms with van der Waals surface area (Å²) in [6, 6.07) is 5.61. The number of esters is 1. The number of carbonyl (C=O) groups is 2. The summed E-state index contributed by atoms with van der Waals surface area (Å²) in [5, 5.41) is 3.49. The number of amides is 1. The van der Waals surface area contributed by atoms with Crippen molar-refractivity contribution < 1.29 is 23.8 Å². The minimum absolute atomic E-state index is 0.190. The van der Waals surface area contributed by atoms with E-state index in [9.17, 15) is 9.59 Å². The molecule has 3 rings (SSSR count). The molecule has 0 radical (unpaired) electrons. The topological polar surface area (TPSA) is 73.9 Å². The molecule has 0 bridgehead atoms. The van der Waals surface area contributed by atoms with Crippen LogP contribution in [-0.2, 0) is 22.4 Å². The molecule has 2 aromatic rings. The fourth-order valence-corrected chi connectivity index (χ4v) is 5.99. The zero-order chi connectivity index (χ0) is 27.0. The van der Waals surface area contributed by atoms with Crippen molar-refractivity contribution in [3.8, 4) is 11.5 Å². The van der Waals surface area contributed by atoms with Crippen LogP contribution in [0, 0.1) is 11.3 Å². The number of carbonyl (C=O) groups excluding carboxylic acids is 2. The molecule has 0 aliphatic heterocycles. The molecule has 0 spiro atoms. The Morgan fingerprint density at radius 3 is 2.59 bits per heavy atom. The van der Waals surface area contributed by atoms with E-state index < -0.39 is 5.97 Å². The first-order chi connectivity index (χ1) is 17.7. The zero-order valence-corrected chi connectivity index (χ0v) is 23.9. The zero-order valence-electron chi connectivity index (χ0n) is 23.1. The third kappa shape index (κ3) is 7.60. The molecule has 1 N–H and O–H groups in total. The lowest BCUT2D eigenvalue weighted by atomic mass is 9.72. The number of rotatable bonds is 11. The molecule has 6 nitrogen and oxygen atoms in total. The third-order valence-electron chi connectivity index (χ3n) is 6.99. The summed E-state index contributed by atoms with van der Waals surface area (Å²) in [5.41, 5.74) is 2.53. The largest absolute Gasteiger partial charge is 0.493 e. The highest BCUT2D eigenvalue weighted by molar-refractivity contribution is 7.17. The van der Waals surface area contributed by atoms with Crippen molar-refractivity contribution in [3.05, 3.63) is 45.8 Å².